The van der Waals surface area contributed by atoms with E-state index in [1.807, 2.05) is 0 Å². The highest BCUT2D eigenvalue weighted by Gasteiger charge is 2.10. The fourth-order valence-electron chi connectivity index (χ4n) is 1.82. The molecule has 1 N–H and O–H groups in total. The molecule has 0 amide bonds. The maximum atomic E-state index is 3.45. The molecule has 1 fully saturated rings. The Morgan fingerprint density at radius 2 is 1.76 bits per heavy atom. The SMILES string of the molecule is CN1CCNN(Cc2ccccc2)CC1.Cl.Cl. The molecular weight excluding hydrogens is 257 g/mol. The van der Waals surface area contributed by atoms with Crippen molar-refractivity contribution >= 4 is 24.8 Å². The second-order valence-corrected chi connectivity index (χ2v) is 4.12. The van der Waals surface area contributed by atoms with Crippen molar-refractivity contribution in [3.63, 3.8) is 0 Å². The van der Waals surface area contributed by atoms with Crippen LogP contribution in [0.4, 0.5) is 0 Å². The first-order valence-corrected chi connectivity index (χ1v) is 5.55. The molecule has 0 spiro atoms. The lowest BCUT2D eigenvalue weighted by molar-refractivity contribution is 0.194. The molecule has 1 aromatic rings. The molecule has 0 unspecified atom stereocenters. The van der Waals surface area contributed by atoms with Gasteiger partial charge in [0.1, 0.15) is 0 Å². The van der Waals surface area contributed by atoms with E-state index in [-0.39, 0.29) is 24.8 Å². The van der Waals surface area contributed by atoms with E-state index in [0.29, 0.717) is 0 Å². The molecule has 1 heterocycles. The van der Waals surface area contributed by atoms with E-state index in [1.54, 1.807) is 0 Å². The molecule has 0 radical (unpaired) electrons. The second kappa shape index (κ2) is 8.72. The summed E-state index contributed by atoms with van der Waals surface area (Å²) >= 11 is 0. The zero-order chi connectivity index (χ0) is 10.5. The third-order valence-electron chi connectivity index (χ3n) is 2.80. The van der Waals surface area contributed by atoms with Crippen molar-refractivity contribution in [3.8, 4) is 0 Å². The minimum Gasteiger partial charge on any atom is -0.304 e. The van der Waals surface area contributed by atoms with Gasteiger partial charge in [0.05, 0.1) is 0 Å². The summed E-state index contributed by atoms with van der Waals surface area (Å²) in [6.07, 6.45) is 0. The number of rotatable bonds is 2. The van der Waals surface area contributed by atoms with Gasteiger partial charge in [0.2, 0.25) is 0 Å². The molecule has 1 aromatic carbocycles. The minimum absolute atomic E-state index is 0. The Bertz CT molecular complexity index is 295. The van der Waals surface area contributed by atoms with Gasteiger partial charge in [-0.15, -0.1) is 24.8 Å². The molecule has 0 bridgehead atoms. The third kappa shape index (κ3) is 5.70. The average molecular weight is 278 g/mol. The smallest absolute Gasteiger partial charge is 0.0382 e. The number of hydrogen-bond acceptors (Lipinski definition) is 3. The minimum atomic E-state index is 0. The summed E-state index contributed by atoms with van der Waals surface area (Å²) in [5.74, 6) is 0. The zero-order valence-electron chi connectivity index (χ0n) is 10.1. The molecule has 17 heavy (non-hydrogen) atoms. The number of nitrogens with zero attached hydrogens (tertiary/aromatic N) is 2. The molecular formula is C12H21Cl2N3. The van der Waals surface area contributed by atoms with E-state index in [1.165, 1.54) is 5.56 Å². The third-order valence-corrected chi connectivity index (χ3v) is 2.80. The Labute approximate surface area is 116 Å². The van der Waals surface area contributed by atoms with Crippen LogP contribution in [0, 0.1) is 0 Å². The molecule has 0 aromatic heterocycles. The van der Waals surface area contributed by atoms with Crippen LogP contribution in [-0.2, 0) is 6.54 Å². The molecule has 1 saturated heterocycles. The summed E-state index contributed by atoms with van der Waals surface area (Å²) < 4.78 is 0. The highest BCUT2D eigenvalue weighted by Crippen LogP contribution is 2.03. The van der Waals surface area contributed by atoms with Gasteiger partial charge in [-0.05, 0) is 12.6 Å². The average Bonchev–Trinajstić information content (AvgIpc) is 2.46. The lowest BCUT2D eigenvalue weighted by atomic mass is 10.2. The Hall–Kier alpha value is -0.320. The van der Waals surface area contributed by atoms with Crippen LogP contribution in [-0.4, -0.2) is 43.1 Å². The Kier molecular flexibility index (Phi) is 8.56. The summed E-state index contributed by atoms with van der Waals surface area (Å²) in [5.41, 5.74) is 4.82. The number of benzene rings is 1. The number of hydrogen-bond donors (Lipinski definition) is 1. The fraction of sp³-hybridized carbons (Fsp3) is 0.500. The molecule has 2 rings (SSSR count). The monoisotopic (exact) mass is 277 g/mol. The van der Waals surface area contributed by atoms with Crippen molar-refractivity contribution in [3.05, 3.63) is 35.9 Å². The Balaban J connectivity index is 0.00000128. The lowest BCUT2D eigenvalue weighted by Crippen LogP contribution is -2.38. The van der Waals surface area contributed by atoms with E-state index in [0.717, 1.165) is 32.7 Å². The first-order chi connectivity index (χ1) is 7.34. The molecule has 1 aliphatic heterocycles. The standard InChI is InChI=1S/C12H19N3.2ClH/c1-14-8-7-13-15(10-9-14)11-12-5-3-2-4-6-12;;/h2-6,13H,7-11H2,1H3;2*1H. The van der Waals surface area contributed by atoms with Crippen molar-refractivity contribution in [2.24, 2.45) is 0 Å². The quantitative estimate of drug-likeness (QED) is 0.889. The maximum absolute atomic E-state index is 3.45. The van der Waals surface area contributed by atoms with Crippen LogP contribution in [0.3, 0.4) is 0 Å². The number of hydrazine groups is 1. The van der Waals surface area contributed by atoms with Crippen molar-refractivity contribution in [1.29, 1.82) is 0 Å². The van der Waals surface area contributed by atoms with E-state index in [4.69, 9.17) is 0 Å². The molecule has 0 atom stereocenters. The molecule has 0 aliphatic carbocycles. The van der Waals surface area contributed by atoms with E-state index < -0.39 is 0 Å². The maximum Gasteiger partial charge on any atom is 0.0382 e. The normalized spacial score (nSPS) is 17.7. The van der Waals surface area contributed by atoms with Crippen molar-refractivity contribution in [2.45, 2.75) is 6.54 Å². The Morgan fingerprint density at radius 3 is 2.47 bits per heavy atom. The van der Waals surface area contributed by atoms with Gasteiger partial charge in [-0.2, -0.15) is 0 Å². The predicted octanol–water partition coefficient (Wildman–Crippen LogP) is 1.78. The summed E-state index contributed by atoms with van der Waals surface area (Å²) in [5, 5.41) is 2.30. The summed E-state index contributed by atoms with van der Waals surface area (Å²) in [6, 6.07) is 10.6. The van der Waals surface area contributed by atoms with E-state index >= 15 is 0 Å². The van der Waals surface area contributed by atoms with Crippen LogP contribution < -0.4 is 5.43 Å². The molecule has 5 heteroatoms. The molecule has 1 aliphatic rings. The van der Waals surface area contributed by atoms with Gasteiger partial charge in [0, 0.05) is 32.7 Å². The van der Waals surface area contributed by atoms with Gasteiger partial charge in [-0.25, -0.2) is 5.01 Å². The topological polar surface area (TPSA) is 18.5 Å². The molecule has 3 nitrogen and oxygen atoms in total. The fourth-order valence-corrected chi connectivity index (χ4v) is 1.82. The van der Waals surface area contributed by atoms with Crippen LogP contribution in [0.1, 0.15) is 5.56 Å². The largest absolute Gasteiger partial charge is 0.304 e. The van der Waals surface area contributed by atoms with Gasteiger partial charge in [-0.3, -0.25) is 5.43 Å². The van der Waals surface area contributed by atoms with Gasteiger partial charge < -0.3 is 4.90 Å². The van der Waals surface area contributed by atoms with Crippen molar-refractivity contribution in [2.75, 3.05) is 33.2 Å². The van der Waals surface area contributed by atoms with Crippen LogP contribution in [0.15, 0.2) is 30.3 Å². The first kappa shape index (κ1) is 16.7. The van der Waals surface area contributed by atoms with E-state index in [2.05, 4.69) is 52.7 Å². The van der Waals surface area contributed by atoms with E-state index in [9.17, 15) is 0 Å². The van der Waals surface area contributed by atoms with Gasteiger partial charge in [-0.1, -0.05) is 30.3 Å². The second-order valence-electron chi connectivity index (χ2n) is 4.12. The highest BCUT2D eigenvalue weighted by molar-refractivity contribution is 5.85. The highest BCUT2D eigenvalue weighted by atomic mass is 35.5. The summed E-state index contributed by atoms with van der Waals surface area (Å²) in [6.45, 7) is 5.40. The van der Waals surface area contributed by atoms with Gasteiger partial charge >= 0.3 is 0 Å². The van der Waals surface area contributed by atoms with Crippen LogP contribution in [0.25, 0.3) is 0 Å². The van der Waals surface area contributed by atoms with Crippen molar-refractivity contribution in [1.82, 2.24) is 15.3 Å². The lowest BCUT2D eigenvalue weighted by Gasteiger charge is -2.20. The van der Waals surface area contributed by atoms with Crippen LogP contribution in [0.2, 0.25) is 0 Å². The molecule has 0 saturated carbocycles. The summed E-state index contributed by atoms with van der Waals surface area (Å²) in [7, 11) is 2.17. The van der Waals surface area contributed by atoms with Gasteiger partial charge in [0.25, 0.3) is 0 Å². The van der Waals surface area contributed by atoms with Crippen LogP contribution in [0.5, 0.6) is 0 Å². The number of nitrogens with one attached hydrogen (secondary N) is 1. The Morgan fingerprint density at radius 1 is 1.06 bits per heavy atom. The predicted molar refractivity (Wildman–Crippen MR) is 76.8 cm³/mol. The van der Waals surface area contributed by atoms with Gasteiger partial charge in [0.15, 0.2) is 0 Å². The number of likely N-dealkylation sites (N-methyl/N-ethyl adjacent to an activating group) is 1. The summed E-state index contributed by atoms with van der Waals surface area (Å²) in [4.78, 5) is 2.36. The van der Waals surface area contributed by atoms with Crippen LogP contribution >= 0.6 is 24.8 Å². The first-order valence-electron chi connectivity index (χ1n) is 5.55. The van der Waals surface area contributed by atoms with Crippen molar-refractivity contribution < 1.29 is 0 Å². The zero-order valence-corrected chi connectivity index (χ0v) is 11.8. The number of halogens is 2. The molecule has 98 valence electrons.